The maximum absolute atomic E-state index is 11.5. The zero-order valence-electron chi connectivity index (χ0n) is 10.1. The molecule has 2 aromatic heterocycles. The van der Waals surface area contributed by atoms with Crippen molar-refractivity contribution in [3.05, 3.63) is 44.6 Å². The quantitative estimate of drug-likeness (QED) is 0.326. The number of aryl methyl sites for hydroxylation is 1. The van der Waals surface area contributed by atoms with Crippen LogP contribution >= 0.6 is 23.6 Å². The first-order chi connectivity index (χ1) is 9.06. The summed E-state index contributed by atoms with van der Waals surface area (Å²) in [7, 11) is 0. The molecule has 0 aromatic carbocycles. The number of H-pyrrole nitrogens is 1. The van der Waals surface area contributed by atoms with Gasteiger partial charge in [0.1, 0.15) is 4.88 Å². The topological polar surface area (TPSA) is 87.1 Å². The van der Waals surface area contributed by atoms with Crippen molar-refractivity contribution in [3.63, 3.8) is 0 Å². The minimum atomic E-state index is -0.152. The van der Waals surface area contributed by atoms with Gasteiger partial charge in [0.15, 0.2) is 5.11 Å². The predicted octanol–water partition coefficient (Wildman–Crippen LogP) is 0.189. The molecule has 19 heavy (non-hydrogen) atoms. The number of nitrogens with zero attached hydrogens (tertiary/aromatic N) is 2. The fourth-order valence-electron chi connectivity index (χ4n) is 1.50. The summed E-state index contributed by atoms with van der Waals surface area (Å²) in [5.41, 5.74) is 8.80. The third kappa shape index (κ3) is 3.46. The number of rotatable bonds is 3. The molecule has 0 saturated carbocycles. The lowest BCUT2D eigenvalue weighted by atomic mass is 10.3. The summed E-state index contributed by atoms with van der Waals surface area (Å²) in [5, 5.41) is 3.93. The van der Waals surface area contributed by atoms with E-state index in [9.17, 15) is 4.79 Å². The van der Waals surface area contributed by atoms with Gasteiger partial charge in [0, 0.05) is 0 Å². The van der Waals surface area contributed by atoms with E-state index in [2.05, 4.69) is 27.7 Å². The van der Waals surface area contributed by atoms with E-state index in [4.69, 9.17) is 5.73 Å². The molecular weight excluding hydrogens is 282 g/mol. The van der Waals surface area contributed by atoms with Crippen molar-refractivity contribution in [1.82, 2.24) is 10.4 Å². The van der Waals surface area contributed by atoms with E-state index in [1.54, 1.807) is 0 Å². The summed E-state index contributed by atoms with van der Waals surface area (Å²) in [4.78, 5) is 14.8. The van der Waals surface area contributed by atoms with Crippen molar-refractivity contribution >= 4 is 34.9 Å². The number of hydrazone groups is 1. The second kappa shape index (κ2) is 5.72. The lowest BCUT2D eigenvalue weighted by Gasteiger charge is -1.97. The number of hydrogen-bond donors (Lipinski definition) is 3. The highest BCUT2D eigenvalue weighted by Crippen LogP contribution is 2.06. The summed E-state index contributed by atoms with van der Waals surface area (Å²) >= 11 is 5.70. The van der Waals surface area contributed by atoms with Gasteiger partial charge in [-0.1, -0.05) is 6.07 Å². The third-order valence-corrected chi connectivity index (χ3v) is 3.12. The number of hydrogen-bond acceptors (Lipinski definition) is 4. The van der Waals surface area contributed by atoms with E-state index in [0.29, 0.717) is 10.7 Å². The Kier molecular flexibility index (Phi) is 4.03. The fourth-order valence-corrected chi connectivity index (χ4v) is 2.26. The Morgan fingerprint density at radius 3 is 3.16 bits per heavy atom. The Morgan fingerprint density at radius 1 is 1.68 bits per heavy atom. The second-order valence-electron chi connectivity index (χ2n) is 3.75. The molecular formula is C11H12N5OS2+. The van der Waals surface area contributed by atoms with Crippen LogP contribution in [0.15, 0.2) is 34.4 Å². The van der Waals surface area contributed by atoms with Crippen LogP contribution in [-0.4, -0.2) is 16.3 Å². The van der Waals surface area contributed by atoms with Crippen LogP contribution in [0.25, 0.3) is 5.82 Å². The lowest BCUT2D eigenvalue weighted by Crippen LogP contribution is -2.32. The van der Waals surface area contributed by atoms with Crippen molar-refractivity contribution < 1.29 is 4.57 Å². The summed E-state index contributed by atoms with van der Waals surface area (Å²) in [6, 6.07) is 3.88. The Balaban J connectivity index is 2.38. The predicted molar refractivity (Wildman–Crippen MR) is 78.7 cm³/mol. The highest BCUT2D eigenvalue weighted by atomic mass is 32.1. The number of aromatic nitrogens is 2. The number of nitrogens with two attached hydrogens (primary N) is 1. The molecule has 0 fully saturated rings. The van der Waals surface area contributed by atoms with Crippen LogP contribution in [-0.2, 0) is 0 Å². The van der Waals surface area contributed by atoms with E-state index >= 15 is 0 Å². The van der Waals surface area contributed by atoms with Gasteiger partial charge in [-0.2, -0.15) is 10.1 Å². The fraction of sp³-hybridized carbons (Fsp3) is 0.0909. The number of nitrogens with one attached hydrogen (secondary N) is 2. The molecule has 0 saturated heterocycles. The molecule has 0 aliphatic heterocycles. The van der Waals surface area contributed by atoms with E-state index in [0.717, 1.165) is 16.9 Å². The van der Waals surface area contributed by atoms with Gasteiger partial charge in [0.05, 0.1) is 18.6 Å². The van der Waals surface area contributed by atoms with E-state index in [1.807, 2.05) is 36.0 Å². The molecule has 8 heteroatoms. The van der Waals surface area contributed by atoms with Gasteiger partial charge < -0.3 is 5.73 Å². The van der Waals surface area contributed by atoms with Gasteiger partial charge in [-0.05, 0) is 42.1 Å². The molecule has 0 aliphatic carbocycles. The molecule has 0 bridgehead atoms. The Morgan fingerprint density at radius 2 is 2.47 bits per heavy atom. The number of aromatic amines is 1. The smallest absolute Gasteiger partial charge is 0.375 e. The van der Waals surface area contributed by atoms with Crippen LogP contribution in [0.4, 0.5) is 0 Å². The first-order valence-corrected chi connectivity index (χ1v) is 6.58. The third-order valence-electron chi connectivity index (χ3n) is 2.22. The largest absolute Gasteiger partial charge is 0.390 e. The molecule has 0 aliphatic rings. The maximum Gasteiger partial charge on any atom is 0.390 e. The van der Waals surface area contributed by atoms with Crippen molar-refractivity contribution in [2.24, 2.45) is 10.8 Å². The van der Waals surface area contributed by atoms with Gasteiger partial charge >= 0.3 is 10.7 Å². The van der Waals surface area contributed by atoms with Crippen LogP contribution in [0, 0.1) is 6.92 Å². The van der Waals surface area contributed by atoms with Gasteiger partial charge in [-0.25, -0.2) is 9.36 Å². The minimum Gasteiger partial charge on any atom is -0.375 e. The van der Waals surface area contributed by atoms with Crippen molar-refractivity contribution in [2.45, 2.75) is 6.92 Å². The van der Waals surface area contributed by atoms with Crippen molar-refractivity contribution in [3.8, 4) is 5.82 Å². The van der Waals surface area contributed by atoms with E-state index in [-0.39, 0.29) is 9.99 Å². The summed E-state index contributed by atoms with van der Waals surface area (Å²) in [6.07, 6.45) is 5.27. The van der Waals surface area contributed by atoms with Crippen LogP contribution < -0.4 is 20.6 Å². The van der Waals surface area contributed by atoms with Gasteiger partial charge in [-0.3, -0.25) is 5.43 Å². The van der Waals surface area contributed by atoms with E-state index in [1.165, 1.54) is 6.21 Å². The zero-order chi connectivity index (χ0) is 13.8. The highest BCUT2D eigenvalue weighted by molar-refractivity contribution is 7.80. The van der Waals surface area contributed by atoms with E-state index < -0.39 is 0 Å². The molecule has 4 N–H and O–H groups in total. The zero-order valence-corrected chi connectivity index (χ0v) is 11.7. The highest BCUT2D eigenvalue weighted by Gasteiger charge is 2.15. The molecule has 0 atom stereocenters. The number of thiazole rings is 1. The van der Waals surface area contributed by atoms with Gasteiger partial charge in [0.2, 0.25) is 0 Å². The molecule has 0 spiro atoms. The average Bonchev–Trinajstić information content (AvgIpc) is 2.70. The molecule has 0 unspecified atom stereocenters. The standard InChI is InChI=1S/C11H11N5OS2/c1-7-3-2-4-16(6-7)9-8(19-11(17)14-9)5-13-15-10(12)18/h2-6H,1H3,(H3-,12,13,14,15,17,18)/p+1. The lowest BCUT2D eigenvalue weighted by molar-refractivity contribution is -0.599. The van der Waals surface area contributed by atoms with Crippen molar-refractivity contribution in [2.75, 3.05) is 0 Å². The number of thiocarbonyl (C=S) groups is 1. The molecule has 0 amide bonds. The maximum atomic E-state index is 11.5. The summed E-state index contributed by atoms with van der Waals surface area (Å²) in [6.45, 7) is 1.98. The molecule has 2 aromatic rings. The summed E-state index contributed by atoms with van der Waals surface area (Å²) < 4.78 is 1.83. The first-order valence-electron chi connectivity index (χ1n) is 5.36. The molecule has 0 radical (unpaired) electrons. The van der Waals surface area contributed by atoms with Crippen LogP contribution in [0.2, 0.25) is 0 Å². The van der Waals surface area contributed by atoms with Crippen LogP contribution in [0.5, 0.6) is 0 Å². The van der Waals surface area contributed by atoms with Gasteiger partial charge in [0.25, 0.3) is 0 Å². The van der Waals surface area contributed by atoms with Crippen LogP contribution in [0.1, 0.15) is 10.4 Å². The monoisotopic (exact) mass is 294 g/mol. The molecule has 98 valence electrons. The van der Waals surface area contributed by atoms with Crippen LogP contribution in [0.3, 0.4) is 0 Å². The van der Waals surface area contributed by atoms with Gasteiger partial charge in [-0.15, -0.1) is 0 Å². The summed E-state index contributed by atoms with van der Waals surface area (Å²) in [5.74, 6) is 0.659. The SMILES string of the molecule is Cc1ccc[n+](-c2[nH]c(=O)sc2C=NNC(N)=S)c1. The Bertz CT molecular complexity index is 688. The Labute approximate surface area is 118 Å². The molecule has 2 rings (SSSR count). The molecule has 2 heterocycles. The number of pyridine rings is 1. The Hall–Kier alpha value is -2.06. The normalized spacial score (nSPS) is 10.8. The average molecular weight is 294 g/mol. The first kappa shape index (κ1) is 13.4. The second-order valence-corrected chi connectivity index (χ2v) is 5.20. The van der Waals surface area contributed by atoms with Crippen molar-refractivity contribution in [1.29, 1.82) is 0 Å². The minimum absolute atomic E-state index is 0.0730. The molecule has 6 nitrogen and oxygen atoms in total.